The second kappa shape index (κ2) is 6.93. The van der Waals surface area contributed by atoms with Crippen LogP contribution in [0, 0.1) is 0 Å². The van der Waals surface area contributed by atoms with Crippen LogP contribution in [-0.4, -0.2) is 30.3 Å². The Hall–Kier alpha value is -1.52. The third kappa shape index (κ3) is 9.41. The van der Waals surface area contributed by atoms with E-state index in [9.17, 15) is 9.59 Å². The first-order valence-electron chi connectivity index (χ1n) is 5.51. The van der Waals surface area contributed by atoms with Gasteiger partial charge in [-0.1, -0.05) is 12.7 Å². The number of carbonyl (C=O) groups excluding carboxylic acids is 2. The monoisotopic (exact) mass is 243 g/mol. The van der Waals surface area contributed by atoms with E-state index in [-0.39, 0.29) is 12.1 Å². The van der Waals surface area contributed by atoms with Gasteiger partial charge in [0.1, 0.15) is 11.7 Å². The number of rotatable bonds is 5. The standard InChI is InChI=1S/C12H21NO4/c1-6-10(16-9(2)14)7-8-13-11(15)17-12(3,4)5/h6,10H,1,7-8H2,2-5H3,(H,13,15)/t10-/m0/s1. The Balaban J connectivity index is 3.85. The fraction of sp³-hybridized carbons (Fsp3) is 0.667. The van der Waals surface area contributed by atoms with Crippen molar-refractivity contribution in [2.24, 2.45) is 0 Å². The molecule has 0 bridgehead atoms. The number of alkyl carbamates (subject to hydrolysis) is 1. The first-order valence-corrected chi connectivity index (χ1v) is 5.51. The molecule has 0 aliphatic carbocycles. The van der Waals surface area contributed by atoms with Crippen molar-refractivity contribution in [3.8, 4) is 0 Å². The highest BCUT2D eigenvalue weighted by atomic mass is 16.6. The van der Waals surface area contributed by atoms with Gasteiger partial charge in [-0.15, -0.1) is 0 Å². The van der Waals surface area contributed by atoms with Crippen molar-refractivity contribution in [2.75, 3.05) is 6.54 Å². The molecule has 0 radical (unpaired) electrons. The molecule has 0 aromatic carbocycles. The molecule has 0 aromatic rings. The zero-order chi connectivity index (χ0) is 13.5. The number of esters is 1. The Kier molecular flexibility index (Phi) is 6.31. The largest absolute Gasteiger partial charge is 0.458 e. The summed E-state index contributed by atoms with van der Waals surface area (Å²) in [5.74, 6) is -0.368. The molecule has 0 fully saturated rings. The van der Waals surface area contributed by atoms with Crippen molar-refractivity contribution < 1.29 is 19.1 Å². The van der Waals surface area contributed by atoms with Crippen LogP contribution < -0.4 is 5.32 Å². The lowest BCUT2D eigenvalue weighted by Crippen LogP contribution is -2.34. The van der Waals surface area contributed by atoms with E-state index in [0.717, 1.165) is 0 Å². The van der Waals surface area contributed by atoms with Crippen LogP contribution in [0.2, 0.25) is 0 Å². The summed E-state index contributed by atoms with van der Waals surface area (Å²) in [6.07, 6.45) is 1.13. The van der Waals surface area contributed by atoms with Crippen molar-refractivity contribution >= 4 is 12.1 Å². The molecule has 0 aliphatic rings. The fourth-order valence-electron chi connectivity index (χ4n) is 1.07. The zero-order valence-electron chi connectivity index (χ0n) is 10.9. The summed E-state index contributed by atoms with van der Waals surface area (Å²) < 4.78 is 9.98. The molecule has 0 aromatic heterocycles. The highest BCUT2D eigenvalue weighted by molar-refractivity contribution is 5.67. The molecule has 0 aliphatic heterocycles. The summed E-state index contributed by atoms with van der Waals surface area (Å²) in [5.41, 5.74) is -0.516. The Morgan fingerprint density at radius 3 is 2.41 bits per heavy atom. The summed E-state index contributed by atoms with van der Waals surface area (Å²) in [7, 11) is 0. The van der Waals surface area contributed by atoms with Gasteiger partial charge in [-0.25, -0.2) is 4.79 Å². The van der Waals surface area contributed by atoms with E-state index in [1.165, 1.54) is 13.0 Å². The first kappa shape index (κ1) is 15.5. The minimum absolute atomic E-state index is 0.360. The van der Waals surface area contributed by atoms with Crippen molar-refractivity contribution in [3.63, 3.8) is 0 Å². The maximum atomic E-state index is 11.3. The maximum Gasteiger partial charge on any atom is 0.407 e. The molecule has 0 heterocycles. The summed E-state index contributed by atoms with van der Waals surface area (Å²) in [6.45, 7) is 10.6. The van der Waals surface area contributed by atoms with Crippen LogP contribution in [0.25, 0.3) is 0 Å². The van der Waals surface area contributed by atoms with Gasteiger partial charge in [0.15, 0.2) is 0 Å². The molecule has 0 saturated heterocycles. The molecule has 98 valence electrons. The second-order valence-electron chi connectivity index (χ2n) is 4.60. The van der Waals surface area contributed by atoms with Crippen LogP contribution in [0.15, 0.2) is 12.7 Å². The number of ether oxygens (including phenoxy) is 2. The van der Waals surface area contributed by atoms with E-state index >= 15 is 0 Å². The molecule has 0 saturated carbocycles. The smallest absolute Gasteiger partial charge is 0.407 e. The van der Waals surface area contributed by atoms with E-state index in [1.807, 2.05) is 0 Å². The fourth-order valence-corrected chi connectivity index (χ4v) is 1.07. The van der Waals surface area contributed by atoms with Crippen LogP contribution in [-0.2, 0) is 14.3 Å². The molecule has 1 N–H and O–H groups in total. The molecule has 0 rings (SSSR count). The normalized spacial score (nSPS) is 12.5. The lowest BCUT2D eigenvalue weighted by Gasteiger charge is -2.20. The summed E-state index contributed by atoms with van der Waals surface area (Å²) in [6, 6.07) is 0. The average Bonchev–Trinajstić information content (AvgIpc) is 2.12. The minimum atomic E-state index is -0.516. The molecular weight excluding hydrogens is 222 g/mol. The highest BCUT2D eigenvalue weighted by Crippen LogP contribution is 2.06. The molecule has 1 amide bonds. The molecule has 0 unspecified atom stereocenters. The quantitative estimate of drug-likeness (QED) is 0.592. The number of hydrogen-bond acceptors (Lipinski definition) is 4. The molecule has 17 heavy (non-hydrogen) atoms. The van der Waals surface area contributed by atoms with Crippen LogP contribution in [0.4, 0.5) is 4.79 Å². The van der Waals surface area contributed by atoms with Gasteiger partial charge < -0.3 is 14.8 Å². The Bertz CT molecular complexity index is 281. The highest BCUT2D eigenvalue weighted by Gasteiger charge is 2.16. The molecular formula is C12H21NO4. The van der Waals surface area contributed by atoms with Crippen molar-refractivity contribution in [2.45, 2.75) is 45.8 Å². The zero-order valence-corrected chi connectivity index (χ0v) is 10.9. The van der Waals surface area contributed by atoms with Crippen molar-refractivity contribution in [1.29, 1.82) is 0 Å². The Morgan fingerprint density at radius 1 is 1.41 bits per heavy atom. The minimum Gasteiger partial charge on any atom is -0.458 e. The van der Waals surface area contributed by atoms with E-state index in [0.29, 0.717) is 13.0 Å². The van der Waals surface area contributed by atoms with E-state index in [1.54, 1.807) is 20.8 Å². The van der Waals surface area contributed by atoms with Gasteiger partial charge in [-0.2, -0.15) is 0 Å². The third-order valence-electron chi connectivity index (χ3n) is 1.68. The second-order valence-corrected chi connectivity index (χ2v) is 4.60. The maximum absolute atomic E-state index is 11.3. The molecule has 0 spiro atoms. The average molecular weight is 243 g/mol. The number of hydrogen-bond donors (Lipinski definition) is 1. The predicted molar refractivity (Wildman–Crippen MR) is 64.6 cm³/mol. The van der Waals surface area contributed by atoms with Crippen LogP contribution >= 0.6 is 0 Å². The van der Waals surface area contributed by atoms with Gasteiger partial charge in [-0.05, 0) is 20.8 Å². The number of amides is 1. The lowest BCUT2D eigenvalue weighted by atomic mass is 10.2. The summed E-state index contributed by atoms with van der Waals surface area (Å²) in [4.78, 5) is 22.0. The number of nitrogens with one attached hydrogen (secondary N) is 1. The molecule has 5 nitrogen and oxygen atoms in total. The molecule has 1 atom stereocenters. The Labute approximate surface area is 102 Å². The van der Waals surface area contributed by atoms with E-state index < -0.39 is 11.7 Å². The summed E-state index contributed by atoms with van der Waals surface area (Å²) >= 11 is 0. The molecule has 5 heteroatoms. The van der Waals surface area contributed by atoms with Gasteiger partial charge in [-0.3, -0.25) is 4.79 Å². The van der Waals surface area contributed by atoms with Crippen molar-refractivity contribution in [3.05, 3.63) is 12.7 Å². The SMILES string of the molecule is C=C[C@@H](CCNC(=O)OC(C)(C)C)OC(C)=O. The topological polar surface area (TPSA) is 64.6 Å². The van der Waals surface area contributed by atoms with Crippen LogP contribution in [0.5, 0.6) is 0 Å². The summed E-state index contributed by atoms with van der Waals surface area (Å²) in [5, 5.41) is 2.58. The lowest BCUT2D eigenvalue weighted by molar-refractivity contribution is -0.144. The van der Waals surface area contributed by atoms with Gasteiger partial charge in [0.25, 0.3) is 0 Å². The van der Waals surface area contributed by atoms with Crippen molar-refractivity contribution in [1.82, 2.24) is 5.32 Å². The third-order valence-corrected chi connectivity index (χ3v) is 1.68. The van der Waals surface area contributed by atoms with Gasteiger partial charge in [0, 0.05) is 19.9 Å². The Morgan fingerprint density at radius 2 is 2.00 bits per heavy atom. The predicted octanol–water partition coefficient (Wildman–Crippen LogP) is 2.02. The van der Waals surface area contributed by atoms with E-state index in [2.05, 4.69) is 11.9 Å². The first-order chi connectivity index (χ1) is 7.74. The van der Waals surface area contributed by atoms with Gasteiger partial charge in [0.05, 0.1) is 0 Å². The van der Waals surface area contributed by atoms with Crippen LogP contribution in [0.1, 0.15) is 34.1 Å². The number of carbonyl (C=O) groups is 2. The van der Waals surface area contributed by atoms with Gasteiger partial charge >= 0.3 is 12.1 Å². The van der Waals surface area contributed by atoms with E-state index in [4.69, 9.17) is 9.47 Å². The van der Waals surface area contributed by atoms with Gasteiger partial charge in [0.2, 0.25) is 0 Å². The van der Waals surface area contributed by atoms with Crippen LogP contribution in [0.3, 0.4) is 0 Å².